The van der Waals surface area contributed by atoms with Crippen molar-refractivity contribution >= 4 is 11.9 Å². The Hall–Kier alpha value is -1.95. The molecule has 1 N–H and O–H groups in total. The molecule has 1 aromatic carbocycles. The van der Waals surface area contributed by atoms with E-state index in [2.05, 4.69) is 5.32 Å². The maximum atomic E-state index is 14.2. The number of hydrogen-bond acceptors (Lipinski definition) is 3. The molecule has 0 aromatic heterocycles. The first kappa shape index (κ1) is 17.5. The van der Waals surface area contributed by atoms with Crippen LogP contribution in [0.2, 0.25) is 0 Å². The number of carbonyl (C=O) groups is 2. The maximum Gasteiger partial charge on any atom is 0.328 e. The summed E-state index contributed by atoms with van der Waals surface area (Å²) in [4.78, 5) is 29.6. The topological polar surface area (TPSA) is 52.7 Å². The number of imide groups is 1. The first-order chi connectivity index (χ1) is 12.7. The summed E-state index contributed by atoms with van der Waals surface area (Å²) in [7, 11) is 0. The third-order valence-corrected chi connectivity index (χ3v) is 6.01. The Morgan fingerprint density at radius 3 is 2.58 bits per heavy atom. The van der Waals surface area contributed by atoms with Crippen molar-refractivity contribution in [1.82, 2.24) is 15.1 Å². The molecule has 2 aliphatic heterocycles. The highest BCUT2D eigenvalue weighted by molar-refractivity contribution is 5.99. The molecule has 3 amide bonds. The molecule has 2 heterocycles. The normalized spacial score (nSPS) is 27.6. The lowest BCUT2D eigenvalue weighted by molar-refractivity contribution is -0.144. The van der Waals surface area contributed by atoms with Crippen molar-refractivity contribution in [2.45, 2.75) is 63.7 Å². The summed E-state index contributed by atoms with van der Waals surface area (Å²) in [5.74, 6) is -0.576. The van der Waals surface area contributed by atoms with E-state index >= 15 is 0 Å². The summed E-state index contributed by atoms with van der Waals surface area (Å²) >= 11 is 0. The fourth-order valence-corrected chi connectivity index (χ4v) is 4.64. The van der Waals surface area contributed by atoms with E-state index in [1.807, 2.05) is 0 Å². The number of amides is 3. The highest BCUT2D eigenvalue weighted by Gasteiger charge is 2.49. The second-order valence-corrected chi connectivity index (χ2v) is 7.65. The van der Waals surface area contributed by atoms with E-state index in [-0.39, 0.29) is 42.4 Å². The number of carbonyl (C=O) groups excluding carboxylic acids is 2. The summed E-state index contributed by atoms with van der Waals surface area (Å²) in [5, 5.41) is 3.33. The molecule has 1 aromatic rings. The zero-order valence-electron chi connectivity index (χ0n) is 15.0. The molecule has 0 bridgehead atoms. The molecular formula is C20H26FN3O2. The summed E-state index contributed by atoms with van der Waals surface area (Å²) in [6.07, 6.45) is 6.42. The molecule has 0 spiro atoms. The van der Waals surface area contributed by atoms with Crippen LogP contribution in [0.4, 0.5) is 9.18 Å². The van der Waals surface area contributed by atoms with Crippen LogP contribution in [0.25, 0.3) is 0 Å². The predicted octanol–water partition coefficient (Wildman–Crippen LogP) is 3.25. The molecule has 1 saturated carbocycles. The van der Waals surface area contributed by atoms with Crippen molar-refractivity contribution in [2.75, 3.05) is 6.54 Å². The lowest BCUT2D eigenvalue weighted by atomic mass is 9.87. The molecule has 1 aliphatic carbocycles. The van der Waals surface area contributed by atoms with Crippen molar-refractivity contribution in [3.8, 4) is 0 Å². The van der Waals surface area contributed by atoms with Crippen LogP contribution in [0, 0.1) is 11.7 Å². The van der Waals surface area contributed by atoms with Crippen LogP contribution in [-0.2, 0) is 11.3 Å². The number of urea groups is 1. The van der Waals surface area contributed by atoms with Crippen LogP contribution in [0.5, 0.6) is 0 Å². The minimum atomic E-state index is -0.330. The number of fused-ring (bicyclic) bond motifs is 1. The minimum Gasteiger partial charge on any atom is -0.303 e. The number of halogens is 1. The van der Waals surface area contributed by atoms with Gasteiger partial charge in [-0.3, -0.25) is 15.0 Å². The van der Waals surface area contributed by atoms with Crippen LogP contribution in [0.1, 0.15) is 50.5 Å². The summed E-state index contributed by atoms with van der Waals surface area (Å²) in [5.41, 5.74) is 0.491. The van der Waals surface area contributed by atoms with E-state index in [1.165, 1.54) is 17.4 Å². The maximum absolute atomic E-state index is 14.2. The number of rotatable bonds is 3. The van der Waals surface area contributed by atoms with E-state index in [0.29, 0.717) is 5.56 Å². The third kappa shape index (κ3) is 3.11. The van der Waals surface area contributed by atoms with Crippen molar-refractivity contribution in [2.24, 2.45) is 5.92 Å². The van der Waals surface area contributed by atoms with Crippen LogP contribution in [0.3, 0.4) is 0 Å². The molecular weight excluding hydrogens is 333 g/mol. The Morgan fingerprint density at radius 1 is 1.04 bits per heavy atom. The highest BCUT2D eigenvalue weighted by Crippen LogP contribution is 2.34. The zero-order chi connectivity index (χ0) is 18.1. The van der Waals surface area contributed by atoms with Gasteiger partial charge in [0.05, 0.1) is 18.6 Å². The van der Waals surface area contributed by atoms with Gasteiger partial charge in [-0.1, -0.05) is 37.5 Å². The van der Waals surface area contributed by atoms with Crippen LogP contribution in [-0.4, -0.2) is 40.5 Å². The fraction of sp³-hybridized carbons (Fsp3) is 0.600. The molecule has 26 heavy (non-hydrogen) atoms. The number of nitrogens with one attached hydrogen (secondary N) is 1. The summed E-state index contributed by atoms with van der Waals surface area (Å²) < 4.78 is 14.2. The lowest BCUT2D eigenvalue weighted by Crippen LogP contribution is -2.68. The van der Waals surface area contributed by atoms with Gasteiger partial charge < -0.3 is 4.90 Å². The molecule has 5 nitrogen and oxygen atoms in total. The van der Waals surface area contributed by atoms with E-state index in [4.69, 9.17) is 0 Å². The van der Waals surface area contributed by atoms with Gasteiger partial charge >= 0.3 is 6.03 Å². The quantitative estimate of drug-likeness (QED) is 0.901. The van der Waals surface area contributed by atoms with Gasteiger partial charge in [0.1, 0.15) is 5.82 Å². The van der Waals surface area contributed by atoms with Gasteiger partial charge in [-0.2, -0.15) is 0 Å². The number of piperidine rings is 1. The number of benzene rings is 1. The molecule has 0 radical (unpaired) electrons. The highest BCUT2D eigenvalue weighted by atomic mass is 19.1. The minimum absolute atomic E-state index is 0.00486. The Labute approximate surface area is 153 Å². The first-order valence-electron chi connectivity index (χ1n) is 9.77. The van der Waals surface area contributed by atoms with Crippen molar-refractivity contribution in [3.05, 3.63) is 35.6 Å². The molecule has 2 saturated heterocycles. The van der Waals surface area contributed by atoms with E-state index in [9.17, 15) is 14.0 Å². The summed E-state index contributed by atoms with van der Waals surface area (Å²) in [6, 6.07) is 6.29. The lowest BCUT2D eigenvalue weighted by Gasteiger charge is -2.49. The Balaban J connectivity index is 1.64. The van der Waals surface area contributed by atoms with Gasteiger partial charge in [0.15, 0.2) is 0 Å². The number of hydrogen-bond donors (Lipinski definition) is 1. The van der Waals surface area contributed by atoms with Gasteiger partial charge in [-0.25, -0.2) is 9.18 Å². The van der Waals surface area contributed by atoms with E-state index in [1.54, 1.807) is 23.1 Å². The average molecular weight is 359 g/mol. The van der Waals surface area contributed by atoms with Gasteiger partial charge in [0.25, 0.3) is 0 Å². The first-order valence-corrected chi connectivity index (χ1v) is 9.77. The van der Waals surface area contributed by atoms with Gasteiger partial charge in [0.2, 0.25) is 5.91 Å². The van der Waals surface area contributed by atoms with Gasteiger partial charge in [-0.05, 0) is 38.3 Å². The molecule has 4 rings (SSSR count). The van der Waals surface area contributed by atoms with E-state index in [0.717, 1.165) is 45.1 Å². The molecule has 6 heteroatoms. The molecule has 3 fully saturated rings. The monoisotopic (exact) mass is 359 g/mol. The van der Waals surface area contributed by atoms with Crippen LogP contribution < -0.4 is 5.32 Å². The third-order valence-electron chi connectivity index (χ3n) is 6.01. The summed E-state index contributed by atoms with van der Waals surface area (Å²) in [6.45, 7) is 0.967. The predicted molar refractivity (Wildman–Crippen MR) is 95.6 cm³/mol. The second kappa shape index (κ2) is 7.35. The van der Waals surface area contributed by atoms with Crippen LogP contribution in [0.15, 0.2) is 24.3 Å². The van der Waals surface area contributed by atoms with Gasteiger partial charge in [-0.15, -0.1) is 0 Å². The molecule has 140 valence electrons. The Kier molecular flexibility index (Phi) is 4.94. The second-order valence-electron chi connectivity index (χ2n) is 7.65. The van der Waals surface area contributed by atoms with Gasteiger partial charge in [0, 0.05) is 11.6 Å². The zero-order valence-corrected chi connectivity index (χ0v) is 15.0. The van der Waals surface area contributed by atoms with Crippen molar-refractivity contribution < 1.29 is 14.0 Å². The van der Waals surface area contributed by atoms with Crippen LogP contribution >= 0.6 is 0 Å². The molecule has 3 aliphatic rings. The largest absolute Gasteiger partial charge is 0.328 e. The van der Waals surface area contributed by atoms with E-state index < -0.39 is 0 Å². The standard InChI is InChI=1S/C20H26FN3O2/c21-17-11-5-4-7-14(17)13-23-18-16(10-6-12-22-18)19(25)24(20(23)26)15-8-2-1-3-9-15/h4-5,7,11,15-16,18,22H,1-3,6,8-10,12-13H2. The molecule has 2 atom stereocenters. The Morgan fingerprint density at radius 2 is 1.81 bits per heavy atom. The SMILES string of the molecule is O=C1C2CCCNC2N(Cc2ccccc2F)C(=O)N1C1CCCCC1. The smallest absolute Gasteiger partial charge is 0.303 e. The Bertz CT molecular complexity index is 689. The fourth-order valence-electron chi connectivity index (χ4n) is 4.64. The molecule has 2 unspecified atom stereocenters. The number of nitrogens with zero attached hydrogens (tertiary/aromatic N) is 2. The van der Waals surface area contributed by atoms with Crippen molar-refractivity contribution in [1.29, 1.82) is 0 Å². The average Bonchev–Trinajstić information content (AvgIpc) is 2.67. The van der Waals surface area contributed by atoms with Crippen molar-refractivity contribution in [3.63, 3.8) is 0 Å².